The first-order chi connectivity index (χ1) is 11.0. The minimum Gasteiger partial charge on any atom is -0.437 e. The van der Waals surface area contributed by atoms with E-state index < -0.39 is 0 Å². The monoisotopic (exact) mass is 368 g/mol. The lowest BCUT2D eigenvalue weighted by Gasteiger charge is -2.19. The summed E-state index contributed by atoms with van der Waals surface area (Å²) >= 11 is 3.43. The van der Waals surface area contributed by atoms with E-state index in [-0.39, 0.29) is 16.9 Å². The van der Waals surface area contributed by atoms with Gasteiger partial charge in [-0.15, -0.1) is 0 Å². The molecule has 3 aromatic rings. The number of rotatable bonds is 2. The maximum atomic E-state index is 12.7. The van der Waals surface area contributed by atoms with E-state index in [4.69, 9.17) is 4.42 Å². The van der Waals surface area contributed by atoms with Crippen LogP contribution in [-0.2, 0) is 0 Å². The molecule has 0 fully saturated rings. The van der Waals surface area contributed by atoms with Crippen molar-refractivity contribution in [3.05, 3.63) is 68.3 Å². The van der Waals surface area contributed by atoms with E-state index in [1.807, 2.05) is 49.4 Å². The number of para-hydroxylation sites is 1. The van der Waals surface area contributed by atoms with E-state index in [2.05, 4.69) is 15.9 Å². The molecular formula is C18H13BrN2O2. The van der Waals surface area contributed by atoms with Gasteiger partial charge in [-0.1, -0.05) is 18.2 Å². The second-order valence-electron chi connectivity index (χ2n) is 5.24. The van der Waals surface area contributed by atoms with Crippen molar-refractivity contribution in [3.8, 4) is 6.07 Å². The lowest BCUT2D eigenvalue weighted by Crippen LogP contribution is -2.17. The summed E-state index contributed by atoms with van der Waals surface area (Å²) in [4.78, 5) is 14.4. The highest BCUT2D eigenvalue weighted by Crippen LogP contribution is 2.32. The lowest BCUT2D eigenvalue weighted by atomic mass is 10.1. The molecule has 0 spiro atoms. The number of nitriles is 1. The van der Waals surface area contributed by atoms with Crippen LogP contribution in [0.25, 0.3) is 11.0 Å². The summed E-state index contributed by atoms with van der Waals surface area (Å²) in [6.07, 6.45) is 0. The normalized spacial score (nSPS) is 10.5. The van der Waals surface area contributed by atoms with Crippen molar-refractivity contribution < 1.29 is 4.42 Å². The predicted octanol–water partition coefficient (Wildman–Crippen LogP) is 4.50. The fraction of sp³-hybridized carbons (Fsp3) is 0.111. The number of nitrogens with zero attached hydrogens (tertiary/aromatic N) is 2. The molecule has 0 N–H and O–H groups in total. The summed E-state index contributed by atoms with van der Waals surface area (Å²) in [5, 5.41) is 9.85. The van der Waals surface area contributed by atoms with Crippen LogP contribution in [0.15, 0.2) is 56.1 Å². The van der Waals surface area contributed by atoms with E-state index >= 15 is 0 Å². The third-order valence-corrected chi connectivity index (χ3v) is 4.22. The van der Waals surface area contributed by atoms with Crippen LogP contribution in [-0.4, -0.2) is 7.05 Å². The number of hydrogen-bond donors (Lipinski definition) is 0. The van der Waals surface area contributed by atoms with Gasteiger partial charge in [0.15, 0.2) is 11.1 Å². The van der Waals surface area contributed by atoms with E-state index in [0.29, 0.717) is 15.4 Å². The number of aryl methyl sites for hydroxylation is 1. The fourth-order valence-corrected chi connectivity index (χ4v) is 3.14. The van der Waals surface area contributed by atoms with E-state index in [9.17, 15) is 10.1 Å². The molecule has 1 aromatic heterocycles. The lowest BCUT2D eigenvalue weighted by molar-refractivity contribution is 0.599. The fourth-order valence-electron chi connectivity index (χ4n) is 2.48. The van der Waals surface area contributed by atoms with Crippen molar-refractivity contribution in [1.82, 2.24) is 0 Å². The van der Waals surface area contributed by atoms with Gasteiger partial charge in [0, 0.05) is 12.7 Å². The Morgan fingerprint density at radius 2 is 1.91 bits per heavy atom. The Balaban J connectivity index is 2.34. The van der Waals surface area contributed by atoms with Gasteiger partial charge in [-0.25, -0.2) is 0 Å². The third-order valence-electron chi connectivity index (χ3n) is 3.63. The zero-order valence-electron chi connectivity index (χ0n) is 12.6. The van der Waals surface area contributed by atoms with Crippen molar-refractivity contribution in [2.24, 2.45) is 0 Å². The summed E-state index contributed by atoms with van der Waals surface area (Å²) in [7, 11) is 1.77. The standard InChI is InChI=1S/C18H13BrN2O2/c1-11-8-13-16(22)14(10-20)18(23-17(13)15(19)9-11)21(2)12-6-4-3-5-7-12/h3-9H,1-2H3. The van der Waals surface area contributed by atoms with E-state index in [0.717, 1.165) is 11.3 Å². The van der Waals surface area contributed by atoms with Crippen LogP contribution in [0, 0.1) is 18.3 Å². The Hall–Kier alpha value is -2.58. The molecule has 0 atom stereocenters. The van der Waals surface area contributed by atoms with Crippen LogP contribution in [0.3, 0.4) is 0 Å². The summed E-state index contributed by atoms with van der Waals surface area (Å²) in [5.74, 6) is 0.237. The number of fused-ring (bicyclic) bond motifs is 1. The quantitative estimate of drug-likeness (QED) is 0.667. The average Bonchev–Trinajstić information content (AvgIpc) is 2.55. The second kappa shape index (κ2) is 5.90. The van der Waals surface area contributed by atoms with Gasteiger partial charge in [0.1, 0.15) is 6.07 Å². The zero-order chi connectivity index (χ0) is 16.6. The van der Waals surface area contributed by atoms with Crippen LogP contribution in [0.1, 0.15) is 11.1 Å². The minimum absolute atomic E-state index is 0.00125. The molecule has 5 heteroatoms. The summed E-state index contributed by atoms with van der Waals surface area (Å²) < 4.78 is 6.61. The highest BCUT2D eigenvalue weighted by atomic mass is 79.9. The van der Waals surface area contributed by atoms with Gasteiger partial charge in [-0.3, -0.25) is 4.79 Å². The molecule has 0 aliphatic rings. The Morgan fingerprint density at radius 3 is 2.57 bits per heavy atom. The summed E-state index contributed by atoms with van der Waals surface area (Å²) in [6, 6.07) is 15.0. The molecule has 0 bridgehead atoms. The van der Waals surface area contributed by atoms with E-state index in [1.54, 1.807) is 18.0 Å². The molecule has 0 amide bonds. The predicted molar refractivity (Wildman–Crippen MR) is 94.1 cm³/mol. The van der Waals surface area contributed by atoms with Crippen molar-refractivity contribution >= 4 is 38.5 Å². The first-order valence-electron chi connectivity index (χ1n) is 6.98. The molecule has 0 radical (unpaired) electrons. The van der Waals surface area contributed by atoms with Gasteiger partial charge in [-0.2, -0.15) is 5.26 Å². The molecule has 0 aliphatic carbocycles. The zero-order valence-corrected chi connectivity index (χ0v) is 14.2. The summed E-state index contributed by atoms with van der Waals surface area (Å²) in [6.45, 7) is 1.89. The van der Waals surface area contributed by atoms with Gasteiger partial charge in [0.25, 0.3) is 0 Å². The first-order valence-corrected chi connectivity index (χ1v) is 7.78. The van der Waals surface area contributed by atoms with Crippen molar-refractivity contribution in [1.29, 1.82) is 5.26 Å². The molecule has 2 aromatic carbocycles. The van der Waals surface area contributed by atoms with Gasteiger partial charge >= 0.3 is 0 Å². The van der Waals surface area contributed by atoms with Crippen LogP contribution in [0.5, 0.6) is 0 Å². The maximum Gasteiger partial charge on any atom is 0.222 e. The maximum absolute atomic E-state index is 12.7. The first kappa shape index (κ1) is 15.3. The van der Waals surface area contributed by atoms with Crippen LogP contribution in [0.2, 0.25) is 0 Å². The number of anilines is 2. The van der Waals surface area contributed by atoms with Crippen LogP contribution < -0.4 is 10.3 Å². The highest BCUT2D eigenvalue weighted by Gasteiger charge is 2.20. The Kier molecular flexibility index (Phi) is 3.93. The smallest absolute Gasteiger partial charge is 0.222 e. The molecule has 114 valence electrons. The second-order valence-corrected chi connectivity index (χ2v) is 6.10. The number of benzene rings is 2. The molecule has 0 saturated heterocycles. The number of halogens is 1. The molecule has 4 nitrogen and oxygen atoms in total. The van der Waals surface area contributed by atoms with Crippen LogP contribution in [0.4, 0.5) is 11.6 Å². The van der Waals surface area contributed by atoms with Gasteiger partial charge in [0.2, 0.25) is 11.3 Å². The van der Waals surface area contributed by atoms with Gasteiger partial charge in [0.05, 0.1) is 9.86 Å². The topological polar surface area (TPSA) is 57.2 Å². The SMILES string of the molecule is Cc1cc(Br)c2oc(N(C)c3ccccc3)c(C#N)c(=O)c2c1. The number of hydrogen-bond acceptors (Lipinski definition) is 4. The summed E-state index contributed by atoms with van der Waals surface area (Å²) in [5.41, 5.74) is 1.87. The molecule has 1 heterocycles. The Labute approximate surface area is 141 Å². The molecule has 23 heavy (non-hydrogen) atoms. The third kappa shape index (κ3) is 2.62. The van der Waals surface area contributed by atoms with E-state index in [1.165, 1.54) is 0 Å². The van der Waals surface area contributed by atoms with Gasteiger partial charge < -0.3 is 9.32 Å². The van der Waals surface area contributed by atoms with Gasteiger partial charge in [-0.05, 0) is 52.7 Å². The highest BCUT2D eigenvalue weighted by molar-refractivity contribution is 9.10. The molecule has 0 unspecified atom stereocenters. The largest absolute Gasteiger partial charge is 0.437 e. The minimum atomic E-state index is -0.323. The van der Waals surface area contributed by atoms with Crippen molar-refractivity contribution in [2.75, 3.05) is 11.9 Å². The van der Waals surface area contributed by atoms with Crippen molar-refractivity contribution in [2.45, 2.75) is 6.92 Å². The van der Waals surface area contributed by atoms with Crippen LogP contribution >= 0.6 is 15.9 Å². The molecule has 0 saturated carbocycles. The average molecular weight is 369 g/mol. The van der Waals surface area contributed by atoms with Crippen molar-refractivity contribution in [3.63, 3.8) is 0 Å². The Bertz CT molecular complexity index is 988. The molecule has 0 aliphatic heterocycles. The Morgan fingerprint density at radius 1 is 1.22 bits per heavy atom. The molecule has 3 rings (SSSR count). The molecular weight excluding hydrogens is 356 g/mol.